The van der Waals surface area contributed by atoms with Crippen LogP contribution in [-0.4, -0.2) is 23.6 Å². The molecule has 5 nitrogen and oxygen atoms in total. The Morgan fingerprint density at radius 1 is 1.30 bits per heavy atom. The molecule has 5 heteroatoms. The fraction of sp³-hybridized carbons (Fsp3) is 0.733. The summed E-state index contributed by atoms with van der Waals surface area (Å²) in [6, 6.07) is 0. The molecule has 1 aromatic rings. The summed E-state index contributed by atoms with van der Waals surface area (Å²) in [5, 5.41) is 0. The lowest BCUT2D eigenvalue weighted by atomic mass is 9.85. The molecule has 1 aromatic heterocycles. The molecule has 0 radical (unpaired) electrons. The van der Waals surface area contributed by atoms with Gasteiger partial charge in [0, 0.05) is 24.6 Å². The first kappa shape index (κ1) is 15.0. The lowest BCUT2D eigenvalue weighted by molar-refractivity contribution is 0.320. The van der Waals surface area contributed by atoms with E-state index in [-0.39, 0.29) is 5.41 Å². The Hall–Kier alpha value is -1.36. The number of nitrogens with zero attached hydrogens (tertiary/aromatic N) is 3. The van der Waals surface area contributed by atoms with Crippen molar-refractivity contribution in [1.29, 1.82) is 0 Å². The van der Waals surface area contributed by atoms with E-state index in [0.29, 0.717) is 0 Å². The standard InChI is InChI=1S/C15H27N5/c1-10-12(19-16)17-14(15(2,3)4)18-13(10)20(5)9-11-7-6-8-11/h11H,6-9,16H2,1-5H3,(H,17,18,19). The van der Waals surface area contributed by atoms with E-state index in [1.54, 1.807) is 0 Å². The maximum absolute atomic E-state index is 5.61. The van der Waals surface area contributed by atoms with Gasteiger partial charge in [-0.3, -0.25) is 0 Å². The normalized spacial score (nSPS) is 15.9. The summed E-state index contributed by atoms with van der Waals surface area (Å²) in [5.74, 6) is 8.96. The average Bonchev–Trinajstić information content (AvgIpc) is 2.32. The highest BCUT2D eigenvalue weighted by Gasteiger charge is 2.24. The monoisotopic (exact) mass is 277 g/mol. The zero-order chi connectivity index (χ0) is 14.9. The zero-order valence-corrected chi connectivity index (χ0v) is 13.3. The summed E-state index contributed by atoms with van der Waals surface area (Å²) in [7, 11) is 2.11. The van der Waals surface area contributed by atoms with Gasteiger partial charge in [0.2, 0.25) is 0 Å². The summed E-state index contributed by atoms with van der Waals surface area (Å²) in [6.07, 6.45) is 4.04. The van der Waals surface area contributed by atoms with Crippen LogP contribution in [0, 0.1) is 12.8 Å². The predicted octanol–water partition coefficient (Wildman–Crippen LogP) is 2.60. The van der Waals surface area contributed by atoms with Crippen LogP contribution in [0.1, 0.15) is 51.4 Å². The first-order valence-corrected chi connectivity index (χ1v) is 7.39. The van der Waals surface area contributed by atoms with Gasteiger partial charge in [0.05, 0.1) is 0 Å². The third-order valence-electron chi connectivity index (χ3n) is 4.05. The minimum Gasteiger partial charge on any atom is -0.359 e. The number of anilines is 2. The van der Waals surface area contributed by atoms with Gasteiger partial charge >= 0.3 is 0 Å². The molecule has 20 heavy (non-hydrogen) atoms. The highest BCUT2D eigenvalue weighted by atomic mass is 15.3. The molecule has 0 aliphatic heterocycles. The molecule has 0 aromatic carbocycles. The SMILES string of the molecule is Cc1c(NN)nc(C(C)(C)C)nc1N(C)CC1CCC1. The number of hydrogen-bond acceptors (Lipinski definition) is 5. The third kappa shape index (κ3) is 3.03. The molecule has 1 saturated carbocycles. The molecule has 1 heterocycles. The maximum atomic E-state index is 5.61. The van der Waals surface area contributed by atoms with Crippen molar-refractivity contribution in [3.05, 3.63) is 11.4 Å². The van der Waals surface area contributed by atoms with Crippen LogP contribution in [0.25, 0.3) is 0 Å². The van der Waals surface area contributed by atoms with Crippen LogP contribution < -0.4 is 16.2 Å². The topological polar surface area (TPSA) is 67.1 Å². The molecule has 3 N–H and O–H groups in total. The van der Waals surface area contributed by atoms with Crippen LogP contribution in [0.3, 0.4) is 0 Å². The van der Waals surface area contributed by atoms with Gasteiger partial charge in [0.1, 0.15) is 17.5 Å². The molecular formula is C15H27N5. The van der Waals surface area contributed by atoms with Crippen LogP contribution in [0.15, 0.2) is 0 Å². The van der Waals surface area contributed by atoms with Crippen molar-refractivity contribution < 1.29 is 0 Å². The van der Waals surface area contributed by atoms with E-state index in [4.69, 9.17) is 10.8 Å². The lowest BCUT2D eigenvalue weighted by Gasteiger charge is -2.32. The Bertz CT molecular complexity index is 474. The first-order chi connectivity index (χ1) is 9.32. The number of hydrogen-bond donors (Lipinski definition) is 2. The molecule has 1 aliphatic rings. The van der Waals surface area contributed by atoms with Gasteiger partial charge in [-0.2, -0.15) is 0 Å². The number of hydrazine groups is 1. The van der Waals surface area contributed by atoms with Gasteiger partial charge in [0.15, 0.2) is 0 Å². The van der Waals surface area contributed by atoms with Gasteiger partial charge in [0.25, 0.3) is 0 Å². The predicted molar refractivity (Wildman–Crippen MR) is 83.9 cm³/mol. The van der Waals surface area contributed by atoms with Gasteiger partial charge in [-0.15, -0.1) is 0 Å². The highest BCUT2D eigenvalue weighted by molar-refractivity contribution is 5.58. The second-order valence-electron chi connectivity index (χ2n) is 6.92. The van der Waals surface area contributed by atoms with Crippen molar-refractivity contribution in [2.45, 2.75) is 52.4 Å². The smallest absolute Gasteiger partial charge is 0.148 e. The molecule has 1 fully saturated rings. The number of nitrogens with one attached hydrogen (secondary N) is 1. The summed E-state index contributed by atoms with van der Waals surface area (Å²) in [4.78, 5) is 11.6. The van der Waals surface area contributed by atoms with Crippen LogP contribution in [0.4, 0.5) is 11.6 Å². The molecule has 1 aliphatic carbocycles. The van der Waals surface area contributed by atoms with Gasteiger partial charge in [-0.1, -0.05) is 27.2 Å². The highest BCUT2D eigenvalue weighted by Crippen LogP contribution is 2.31. The second-order valence-corrected chi connectivity index (χ2v) is 6.92. The Labute approximate surface area is 121 Å². The Kier molecular flexibility index (Phi) is 4.18. The van der Waals surface area contributed by atoms with E-state index in [1.807, 2.05) is 6.92 Å². The zero-order valence-electron chi connectivity index (χ0n) is 13.3. The van der Waals surface area contributed by atoms with E-state index < -0.39 is 0 Å². The van der Waals surface area contributed by atoms with Gasteiger partial charge < -0.3 is 10.3 Å². The number of nitrogen functional groups attached to an aromatic ring is 1. The van der Waals surface area contributed by atoms with Gasteiger partial charge in [-0.25, -0.2) is 15.8 Å². The summed E-state index contributed by atoms with van der Waals surface area (Å²) < 4.78 is 0. The van der Waals surface area contributed by atoms with Crippen LogP contribution in [0.2, 0.25) is 0 Å². The largest absolute Gasteiger partial charge is 0.359 e. The quantitative estimate of drug-likeness (QED) is 0.654. The van der Waals surface area contributed by atoms with E-state index in [0.717, 1.165) is 35.5 Å². The number of rotatable bonds is 4. The fourth-order valence-electron chi connectivity index (χ4n) is 2.50. The maximum Gasteiger partial charge on any atom is 0.148 e. The van der Waals surface area contributed by atoms with Crippen molar-refractivity contribution in [3.8, 4) is 0 Å². The Morgan fingerprint density at radius 2 is 1.95 bits per heavy atom. The van der Waals surface area contributed by atoms with Crippen molar-refractivity contribution in [1.82, 2.24) is 9.97 Å². The van der Waals surface area contributed by atoms with Crippen molar-refractivity contribution in [2.75, 3.05) is 23.9 Å². The molecule has 112 valence electrons. The molecule has 0 saturated heterocycles. The van der Waals surface area contributed by atoms with E-state index in [2.05, 4.69) is 43.1 Å². The van der Waals surface area contributed by atoms with Crippen LogP contribution in [-0.2, 0) is 5.41 Å². The van der Waals surface area contributed by atoms with Crippen molar-refractivity contribution in [3.63, 3.8) is 0 Å². The minimum atomic E-state index is -0.0919. The van der Waals surface area contributed by atoms with E-state index >= 15 is 0 Å². The molecule has 0 atom stereocenters. The third-order valence-corrected chi connectivity index (χ3v) is 4.05. The average molecular weight is 277 g/mol. The Balaban J connectivity index is 2.34. The summed E-state index contributed by atoms with van der Waals surface area (Å²) >= 11 is 0. The minimum absolute atomic E-state index is 0.0919. The van der Waals surface area contributed by atoms with E-state index in [1.165, 1.54) is 19.3 Å². The van der Waals surface area contributed by atoms with Crippen molar-refractivity contribution >= 4 is 11.6 Å². The summed E-state index contributed by atoms with van der Waals surface area (Å²) in [5.41, 5.74) is 3.63. The number of nitrogens with two attached hydrogens (primary N) is 1. The second kappa shape index (κ2) is 5.56. The molecule has 0 bridgehead atoms. The first-order valence-electron chi connectivity index (χ1n) is 7.39. The molecule has 0 amide bonds. The van der Waals surface area contributed by atoms with Gasteiger partial charge in [-0.05, 0) is 25.7 Å². The molecular weight excluding hydrogens is 250 g/mol. The van der Waals surface area contributed by atoms with Crippen molar-refractivity contribution in [2.24, 2.45) is 11.8 Å². The molecule has 2 rings (SSSR count). The number of aromatic nitrogens is 2. The lowest BCUT2D eigenvalue weighted by Crippen LogP contribution is -2.32. The van der Waals surface area contributed by atoms with Crippen LogP contribution in [0.5, 0.6) is 0 Å². The summed E-state index contributed by atoms with van der Waals surface area (Å²) in [6.45, 7) is 9.44. The van der Waals surface area contributed by atoms with E-state index in [9.17, 15) is 0 Å². The van der Waals surface area contributed by atoms with Crippen LogP contribution >= 0.6 is 0 Å². The fourth-order valence-corrected chi connectivity index (χ4v) is 2.50. The Morgan fingerprint density at radius 3 is 2.40 bits per heavy atom. The molecule has 0 unspecified atom stereocenters. The molecule has 0 spiro atoms.